The van der Waals surface area contributed by atoms with Crippen LogP contribution in [0.1, 0.15) is 5.56 Å². The maximum atomic E-state index is 8.90. The summed E-state index contributed by atoms with van der Waals surface area (Å²) >= 11 is 8.19. The van der Waals surface area contributed by atoms with Crippen LogP contribution in [0, 0.1) is 14.9 Å². The second-order valence-corrected chi connectivity index (χ2v) is 5.06. The third kappa shape index (κ3) is 1.45. The number of nitrogens with zero attached hydrogens (tertiary/aromatic N) is 1. The van der Waals surface area contributed by atoms with Crippen LogP contribution in [-0.4, -0.2) is 0 Å². The molecule has 4 heteroatoms. The molecule has 2 aromatic rings. The quantitative estimate of drug-likeness (QED) is 0.582. The Morgan fingerprint density at radius 2 is 2.31 bits per heavy atom. The van der Waals surface area contributed by atoms with E-state index in [1.54, 1.807) is 11.3 Å². The van der Waals surface area contributed by atoms with E-state index in [2.05, 4.69) is 41.3 Å². The summed E-state index contributed by atoms with van der Waals surface area (Å²) in [7, 11) is 0. The number of fused-ring (bicyclic) bond motifs is 1. The van der Waals surface area contributed by atoms with Crippen molar-refractivity contribution in [2.75, 3.05) is 0 Å². The summed E-state index contributed by atoms with van der Waals surface area (Å²) in [5, 5.41) is 12.0. The molecule has 0 fully saturated rings. The first-order valence-electron chi connectivity index (χ1n) is 3.53. The minimum Gasteiger partial charge on any atom is -0.192 e. The molecule has 1 aromatic heterocycles. The zero-order valence-corrected chi connectivity index (χ0v) is 10.3. The lowest BCUT2D eigenvalue weighted by atomic mass is 10.2. The van der Waals surface area contributed by atoms with Crippen molar-refractivity contribution < 1.29 is 0 Å². The molecule has 0 spiro atoms. The van der Waals surface area contributed by atoms with Crippen LogP contribution in [0.15, 0.2) is 22.4 Å². The molecule has 0 aliphatic carbocycles. The van der Waals surface area contributed by atoms with E-state index in [1.807, 2.05) is 17.5 Å². The van der Waals surface area contributed by atoms with Crippen LogP contribution >= 0.6 is 46.6 Å². The summed E-state index contributed by atoms with van der Waals surface area (Å²) in [5.41, 5.74) is 0.743. The van der Waals surface area contributed by atoms with Gasteiger partial charge in [-0.3, -0.25) is 0 Å². The molecule has 0 saturated heterocycles. The molecule has 13 heavy (non-hydrogen) atoms. The molecule has 2 rings (SSSR count). The number of benzene rings is 1. The maximum absolute atomic E-state index is 8.90. The Morgan fingerprint density at radius 1 is 1.54 bits per heavy atom. The highest BCUT2D eigenvalue weighted by molar-refractivity contribution is 14.1. The Balaban J connectivity index is 2.97. The maximum Gasteiger partial charge on any atom is 0.101 e. The zero-order chi connectivity index (χ0) is 9.42. The predicted octanol–water partition coefficient (Wildman–Crippen LogP) is 3.67. The highest BCUT2D eigenvalue weighted by Crippen LogP contribution is 2.33. The SMILES string of the molecule is N#Cc1cc(I)c(S)c2ccsc12. The normalized spacial score (nSPS) is 10.2. The number of rotatable bonds is 0. The second kappa shape index (κ2) is 3.48. The Morgan fingerprint density at radius 3 is 3.00 bits per heavy atom. The molecule has 0 aliphatic heterocycles. The molecule has 0 radical (unpaired) electrons. The molecule has 0 amide bonds. The smallest absolute Gasteiger partial charge is 0.101 e. The third-order valence-corrected chi connectivity index (χ3v) is 4.49. The molecular formula is C9H4INS2. The standard InChI is InChI=1S/C9H4INS2/c10-7-3-5(4-11)9-6(8(7)12)1-2-13-9/h1-3,12H. The highest BCUT2D eigenvalue weighted by atomic mass is 127. The van der Waals surface area contributed by atoms with Crippen LogP contribution < -0.4 is 0 Å². The molecule has 0 saturated carbocycles. The lowest BCUT2D eigenvalue weighted by molar-refractivity contribution is 1.46. The number of thiol groups is 1. The fraction of sp³-hybridized carbons (Fsp3) is 0. The van der Waals surface area contributed by atoms with Gasteiger partial charge in [0.1, 0.15) is 6.07 Å². The molecule has 1 aromatic carbocycles. The van der Waals surface area contributed by atoms with Crippen molar-refractivity contribution in [2.45, 2.75) is 4.90 Å². The lowest BCUT2D eigenvalue weighted by Crippen LogP contribution is -1.81. The molecular weight excluding hydrogens is 313 g/mol. The van der Waals surface area contributed by atoms with Gasteiger partial charge < -0.3 is 0 Å². The molecule has 1 heterocycles. The van der Waals surface area contributed by atoms with E-state index in [4.69, 9.17) is 5.26 Å². The summed E-state index contributed by atoms with van der Waals surface area (Å²) in [4.78, 5) is 0.968. The molecule has 0 atom stereocenters. The first-order chi connectivity index (χ1) is 6.24. The van der Waals surface area contributed by atoms with Gasteiger partial charge in [0.2, 0.25) is 0 Å². The van der Waals surface area contributed by atoms with Crippen LogP contribution in [0.4, 0.5) is 0 Å². The van der Waals surface area contributed by atoms with Crippen LogP contribution in [0.5, 0.6) is 0 Å². The predicted molar refractivity (Wildman–Crippen MR) is 66.5 cm³/mol. The van der Waals surface area contributed by atoms with Crippen LogP contribution in [0.25, 0.3) is 10.1 Å². The Bertz CT molecular complexity index is 510. The number of hydrogen-bond acceptors (Lipinski definition) is 3. The largest absolute Gasteiger partial charge is 0.192 e. The van der Waals surface area contributed by atoms with Gasteiger partial charge in [0.25, 0.3) is 0 Å². The van der Waals surface area contributed by atoms with Crippen LogP contribution in [0.2, 0.25) is 0 Å². The Labute approximate surface area is 98.9 Å². The van der Waals surface area contributed by atoms with E-state index in [-0.39, 0.29) is 0 Å². The van der Waals surface area contributed by atoms with E-state index in [0.29, 0.717) is 0 Å². The molecule has 0 unspecified atom stereocenters. The van der Waals surface area contributed by atoms with Crippen molar-refractivity contribution >= 4 is 56.6 Å². The third-order valence-electron chi connectivity index (χ3n) is 1.78. The summed E-state index contributed by atoms with van der Waals surface area (Å²) in [6, 6.07) is 6.08. The van der Waals surface area contributed by atoms with Gasteiger partial charge in [0.15, 0.2) is 0 Å². The highest BCUT2D eigenvalue weighted by Gasteiger charge is 2.08. The average Bonchev–Trinajstić information content (AvgIpc) is 2.60. The van der Waals surface area contributed by atoms with Gasteiger partial charge in [0.05, 0.1) is 10.3 Å². The van der Waals surface area contributed by atoms with Gasteiger partial charge >= 0.3 is 0 Å². The first-order valence-corrected chi connectivity index (χ1v) is 5.93. The fourth-order valence-corrected chi connectivity index (χ4v) is 2.97. The van der Waals surface area contributed by atoms with Gasteiger partial charge in [-0.2, -0.15) is 5.26 Å². The number of nitriles is 1. The van der Waals surface area contributed by atoms with Gasteiger partial charge in [0, 0.05) is 13.9 Å². The Kier molecular flexibility index (Phi) is 2.49. The summed E-state index contributed by atoms with van der Waals surface area (Å²) < 4.78 is 2.07. The monoisotopic (exact) mass is 317 g/mol. The molecule has 1 nitrogen and oxygen atoms in total. The fourth-order valence-electron chi connectivity index (χ4n) is 1.18. The van der Waals surface area contributed by atoms with Crippen molar-refractivity contribution in [1.82, 2.24) is 0 Å². The van der Waals surface area contributed by atoms with Crippen molar-refractivity contribution in [3.05, 3.63) is 26.6 Å². The first kappa shape index (κ1) is 9.31. The zero-order valence-electron chi connectivity index (χ0n) is 6.41. The summed E-state index contributed by atoms with van der Waals surface area (Å²) in [6.07, 6.45) is 0. The van der Waals surface area contributed by atoms with E-state index in [9.17, 15) is 0 Å². The molecule has 0 N–H and O–H groups in total. The number of halogens is 1. The van der Waals surface area contributed by atoms with E-state index >= 15 is 0 Å². The molecule has 0 bridgehead atoms. The van der Waals surface area contributed by atoms with Crippen molar-refractivity contribution in [2.24, 2.45) is 0 Å². The summed E-state index contributed by atoms with van der Waals surface area (Å²) in [6.45, 7) is 0. The van der Waals surface area contributed by atoms with Crippen molar-refractivity contribution in [3.63, 3.8) is 0 Å². The van der Waals surface area contributed by atoms with E-state index < -0.39 is 0 Å². The minimum atomic E-state index is 0.743. The van der Waals surface area contributed by atoms with E-state index in [1.165, 1.54) is 0 Å². The molecule has 0 aliphatic rings. The topological polar surface area (TPSA) is 23.8 Å². The lowest BCUT2D eigenvalue weighted by Gasteiger charge is -2.00. The Hall–Kier alpha value is -0.250. The summed E-state index contributed by atoms with van der Waals surface area (Å²) in [5.74, 6) is 0. The van der Waals surface area contributed by atoms with Gasteiger partial charge in [-0.25, -0.2) is 0 Å². The van der Waals surface area contributed by atoms with Crippen molar-refractivity contribution in [1.29, 1.82) is 5.26 Å². The average molecular weight is 317 g/mol. The van der Waals surface area contributed by atoms with E-state index in [0.717, 1.165) is 24.1 Å². The van der Waals surface area contributed by atoms with Gasteiger partial charge in [-0.15, -0.1) is 24.0 Å². The van der Waals surface area contributed by atoms with Crippen molar-refractivity contribution in [3.8, 4) is 6.07 Å². The van der Waals surface area contributed by atoms with Crippen LogP contribution in [-0.2, 0) is 0 Å². The number of hydrogen-bond donors (Lipinski definition) is 1. The van der Waals surface area contributed by atoms with Crippen LogP contribution in [0.3, 0.4) is 0 Å². The van der Waals surface area contributed by atoms with Gasteiger partial charge in [-0.05, 0) is 40.1 Å². The minimum absolute atomic E-state index is 0.743. The second-order valence-electron chi connectivity index (χ2n) is 2.53. The molecule has 64 valence electrons. The number of thiophene rings is 1. The van der Waals surface area contributed by atoms with Gasteiger partial charge in [-0.1, -0.05) is 0 Å².